The number of hydrogen-bond donors (Lipinski definition) is 2. The van der Waals surface area contributed by atoms with E-state index in [2.05, 4.69) is 0 Å². The molecule has 3 unspecified atom stereocenters. The molecule has 2 heterocycles. The summed E-state index contributed by atoms with van der Waals surface area (Å²) in [4.78, 5) is 2.01. The van der Waals surface area contributed by atoms with E-state index in [1.165, 1.54) is 0 Å². The molecule has 2 aliphatic heterocycles. The first-order chi connectivity index (χ1) is 5.12. The first-order valence-corrected chi connectivity index (χ1v) is 4.25. The highest BCUT2D eigenvalue weighted by molar-refractivity contribution is 4.98. The molecule has 3 nitrogen and oxygen atoms in total. The van der Waals surface area contributed by atoms with Gasteiger partial charge < -0.3 is 10.2 Å². The molecule has 2 fully saturated rings. The summed E-state index contributed by atoms with van der Waals surface area (Å²) in [5, 5.41) is 19.3. The fourth-order valence-electron chi connectivity index (χ4n) is 2.40. The highest BCUT2D eigenvalue weighted by Crippen LogP contribution is 2.40. The minimum absolute atomic E-state index is 0.288. The lowest BCUT2D eigenvalue weighted by Crippen LogP contribution is -2.51. The van der Waals surface area contributed by atoms with E-state index in [9.17, 15) is 10.2 Å². The van der Waals surface area contributed by atoms with Gasteiger partial charge in [-0.15, -0.1) is 0 Å². The second-order valence-electron chi connectivity index (χ2n) is 3.88. The van der Waals surface area contributed by atoms with E-state index in [1.807, 2.05) is 11.9 Å². The monoisotopic (exact) mass is 157 g/mol. The molecule has 0 spiro atoms. The normalized spacial score (nSPS) is 51.5. The van der Waals surface area contributed by atoms with Crippen LogP contribution >= 0.6 is 0 Å². The van der Waals surface area contributed by atoms with Gasteiger partial charge in [0, 0.05) is 12.5 Å². The molecule has 2 bridgehead atoms. The fourth-order valence-corrected chi connectivity index (χ4v) is 2.40. The number of aliphatic hydroxyl groups is 2. The molecule has 0 aromatic heterocycles. The van der Waals surface area contributed by atoms with Crippen LogP contribution in [0.4, 0.5) is 0 Å². The van der Waals surface area contributed by atoms with E-state index < -0.39 is 5.72 Å². The van der Waals surface area contributed by atoms with E-state index in [1.54, 1.807) is 0 Å². The summed E-state index contributed by atoms with van der Waals surface area (Å²) in [6.45, 7) is 0. The number of aliphatic hydroxyl groups excluding tert-OH is 1. The van der Waals surface area contributed by atoms with Crippen molar-refractivity contribution in [1.29, 1.82) is 0 Å². The molecule has 2 rings (SSSR count). The predicted octanol–water partition coefficient (Wildman–Crippen LogP) is -0.0761. The second-order valence-corrected chi connectivity index (χ2v) is 3.88. The third kappa shape index (κ3) is 0.991. The lowest BCUT2D eigenvalue weighted by Gasteiger charge is -2.40. The maximum absolute atomic E-state index is 9.93. The molecule has 0 aromatic rings. The summed E-state index contributed by atoms with van der Waals surface area (Å²) < 4.78 is 0. The molecule has 0 saturated carbocycles. The van der Waals surface area contributed by atoms with Crippen molar-refractivity contribution in [2.75, 3.05) is 7.05 Å². The van der Waals surface area contributed by atoms with Gasteiger partial charge in [0.15, 0.2) is 0 Å². The van der Waals surface area contributed by atoms with E-state index in [0.717, 1.165) is 19.3 Å². The number of rotatable bonds is 0. The van der Waals surface area contributed by atoms with Crippen LogP contribution in [-0.4, -0.2) is 40.0 Å². The van der Waals surface area contributed by atoms with Gasteiger partial charge in [0.2, 0.25) is 0 Å². The quantitative estimate of drug-likeness (QED) is 0.517. The standard InChI is InChI=1S/C8H15NO2/c1-9-6-2-3-8(9,11)5-7(10)4-6/h6-7,10-11H,2-5H2,1H3. The Kier molecular flexibility index (Phi) is 1.50. The summed E-state index contributed by atoms with van der Waals surface area (Å²) in [6, 6.07) is 0.406. The van der Waals surface area contributed by atoms with Crippen LogP contribution in [-0.2, 0) is 0 Å². The Morgan fingerprint density at radius 2 is 2.27 bits per heavy atom. The molecule has 64 valence electrons. The predicted molar refractivity (Wildman–Crippen MR) is 41.0 cm³/mol. The average Bonchev–Trinajstić information content (AvgIpc) is 2.17. The molecular formula is C8H15NO2. The van der Waals surface area contributed by atoms with Gasteiger partial charge in [-0.3, -0.25) is 4.90 Å². The Morgan fingerprint density at radius 3 is 2.91 bits per heavy atom. The molecule has 0 aromatic carbocycles. The summed E-state index contributed by atoms with van der Waals surface area (Å²) in [5.74, 6) is 0. The third-order valence-corrected chi connectivity index (χ3v) is 3.19. The number of fused-ring (bicyclic) bond motifs is 2. The van der Waals surface area contributed by atoms with Gasteiger partial charge in [0.1, 0.15) is 5.72 Å². The molecule has 2 saturated heterocycles. The lowest BCUT2D eigenvalue weighted by molar-refractivity contribution is -0.136. The molecule has 0 aliphatic carbocycles. The van der Waals surface area contributed by atoms with Gasteiger partial charge >= 0.3 is 0 Å². The zero-order chi connectivity index (χ0) is 8.06. The van der Waals surface area contributed by atoms with E-state index in [0.29, 0.717) is 12.5 Å². The fraction of sp³-hybridized carbons (Fsp3) is 1.00. The Morgan fingerprint density at radius 1 is 1.55 bits per heavy atom. The van der Waals surface area contributed by atoms with Gasteiger partial charge in [-0.1, -0.05) is 0 Å². The summed E-state index contributed by atoms with van der Waals surface area (Å²) in [5.41, 5.74) is -0.692. The summed E-state index contributed by atoms with van der Waals surface area (Å²) >= 11 is 0. The maximum Gasteiger partial charge on any atom is 0.121 e. The van der Waals surface area contributed by atoms with Gasteiger partial charge in [0.05, 0.1) is 6.10 Å². The van der Waals surface area contributed by atoms with Crippen molar-refractivity contribution in [2.24, 2.45) is 0 Å². The first-order valence-electron chi connectivity index (χ1n) is 4.25. The number of nitrogens with zero attached hydrogens (tertiary/aromatic N) is 1. The molecule has 2 aliphatic rings. The molecule has 0 amide bonds. The zero-order valence-corrected chi connectivity index (χ0v) is 6.82. The van der Waals surface area contributed by atoms with Crippen LogP contribution in [0.3, 0.4) is 0 Å². The van der Waals surface area contributed by atoms with Crippen molar-refractivity contribution in [3.8, 4) is 0 Å². The van der Waals surface area contributed by atoms with Gasteiger partial charge in [-0.25, -0.2) is 0 Å². The van der Waals surface area contributed by atoms with Crippen molar-refractivity contribution in [1.82, 2.24) is 4.90 Å². The molecule has 2 N–H and O–H groups in total. The van der Waals surface area contributed by atoms with Crippen LogP contribution in [0.15, 0.2) is 0 Å². The number of piperidine rings is 1. The summed E-state index contributed by atoms with van der Waals surface area (Å²) in [6.07, 6.45) is 2.93. The van der Waals surface area contributed by atoms with Gasteiger partial charge in [-0.05, 0) is 26.3 Å². The SMILES string of the molecule is CN1C2CCC1(O)CC(O)C2. The van der Waals surface area contributed by atoms with Gasteiger partial charge in [-0.2, -0.15) is 0 Å². The van der Waals surface area contributed by atoms with Crippen LogP contribution in [0.25, 0.3) is 0 Å². The second kappa shape index (κ2) is 2.19. The van der Waals surface area contributed by atoms with Crippen molar-refractivity contribution in [3.63, 3.8) is 0 Å². The van der Waals surface area contributed by atoms with Crippen molar-refractivity contribution in [3.05, 3.63) is 0 Å². The molecular weight excluding hydrogens is 142 g/mol. The van der Waals surface area contributed by atoms with Crippen LogP contribution in [0.1, 0.15) is 25.7 Å². The highest BCUT2D eigenvalue weighted by atomic mass is 16.3. The van der Waals surface area contributed by atoms with Crippen LogP contribution in [0.5, 0.6) is 0 Å². The highest BCUT2D eigenvalue weighted by Gasteiger charge is 2.48. The molecule has 3 atom stereocenters. The van der Waals surface area contributed by atoms with Crippen LogP contribution < -0.4 is 0 Å². The van der Waals surface area contributed by atoms with E-state index in [-0.39, 0.29) is 6.10 Å². The Balaban J connectivity index is 2.20. The van der Waals surface area contributed by atoms with Crippen molar-refractivity contribution in [2.45, 2.75) is 43.6 Å². The van der Waals surface area contributed by atoms with Crippen molar-refractivity contribution < 1.29 is 10.2 Å². The maximum atomic E-state index is 9.93. The Bertz CT molecular complexity index is 173. The topological polar surface area (TPSA) is 43.7 Å². The minimum atomic E-state index is -0.692. The zero-order valence-electron chi connectivity index (χ0n) is 6.82. The Labute approximate surface area is 66.6 Å². The largest absolute Gasteiger partial charge is 0.393 e. The van der Waals surface area contributed by atoms with Crippen molar-refractivity contribution >= 4 is 0 Å². The first kappa shape index (κ1) is 7.53. The van der Waals surface area contributed by atoms with E-state index >= 15 is 0 Å². The minimum Gasteiger partial charge on any atom is -0.393 e. The summed E-state index contributed by atoms with van der Waals surface area (Å²) in [7, 11) is 1.95. The smallest absolute Gasteiger partial charge is 0.121 e. The number of hydrogen-bond acceptors (Lipinski definition) is 3. The molecule has 0 radical (unpaired) electrons. The average molecular weight is 157 g/mol. The Hall–Kier alpha value is -0.120. The van der Waals surface area contributed by atoms with E-state index in [4.69, 9.17) is 0 Å². The van der Waals surface area contributed by atoms with Gasteiger partial charge in [0.25, 0.3) is 0 Å². The van der Waals surface area contributed by atoms with Crippen LogP contribution in [0.2, 0.25) is 0 Å². The third-order valence-electron chi connectivity index (χ3n) is 3.19. The lowest BCUT2D eigenvalue weighted by atomic mass is 9.98. The molecule has 3 heteroatoms. The van der Waals surface area contributed by atoms with Crippen LogP contribution in [0, 0.1) is 0 Å². The molecule has 11 heavy (non-hydrogen) atoms.